The average molecular weight is 404 g/mol. The van der Waals surface area contributed by atoms with E-state index in [0.29, 0.717) is 11.0 Å². The number of benzene rings is 2. The minimum absolute atomic E-state index is 0. The van der Waals surface area contributed by atoms with Gasteiger partial charge >= 0.3 is 11.9 Å². The van der Waals surface area contributed by atoms with E-state index < -0.39 is 11.9 Å². The number of carbonyl (C=O) groups is 2. The molecule has 0 spiro atoms. The number of aryl methyl sites for hydroxylation is 2. The van der Waals surface area contributed by atoms with Gasteiger partial charge in [-0.05, 0) is 49.2 Å². The SMILES string of the molecule is Cc1ccnc2c(C(=O)O)cccc12.Cc1ccnc2c(C(=O)O)cccc12.[AlH3]. The molecule has 4 rings (SSSR count). The second kappa shape index (κ2) is 9.29. The Morgan fingerprint density at radius 2 is 1.07 bits per heavy atom. The quantitative estimate of drug-likeness (QED) is 0.497. The Morgan fingerprint density at radius 1 is 0.690 bits per heavy atom. The van der Waals surface area contributed by atoms with Gasteiger partial charge in [0, 0.05) is 23.2 Å². The number of nitrogens with zero attached hydrogens (tertiary/aromatic N) is 2. The van der Waals surface area contributed by atoms with E-state index in [2.05, 4.69) is 9.97 Å². The average Bonchev–Trinajstić information content (AvgIpc) is 2.68. The Bertz CT molecular complexity index is 1110. The molecule has 146 valence electrons. The van der Waals surface area contributed by atoms with Crippen molar-refractivity contribution in [2.75, 3.05) is 0 Å². The monoisotopic (exact) mass is 404 g/mol. The molecule has 2 aromatic carbocycles. The van der Waals surface area contributed by atoms with Gasteiger partial charge in [-0.1, -0.05) is 24.3 Å². The molecule has 0 saturated heterocycles. The van der Waals surface area contributed by atoms with Crippen molar-refractivity contribution in [3.8, 4) is 0 Å². The van der Waals surface area contributed by atoms with Crippen LogP contribution < -0.4 is 0 Å². The third-order valence-corrected chi connectivity index (χ3v) is 4.44. The van der Waals surface area contributed by atoms with Crippen LogP contribution in [0.4, 0.5) is 0 Å². The number of pyridine rings is 2. The molecule has 0 atom stereocenters. The molecule has 2 N–H and O–H groups in total. The molecule has 0 aliphatic carbocycles. The summed E-state index contributed by atoms with van der Waals surface area (Å²) in [7, 11) is 0. The van der Waals surface area contributed by atoms with Crippen LogP contribution in [0.3, 0.4) is 0 Å². The third-order valence-electron chi connectivity index (χ3n) is 4.44. The first kappa shape index (κ1) is 22.0. The fourth-order valence-electron chi connectivity index (χ4n) is 2.97. The molecule has 0 aliphatic rings. The molecule has 0 saturated carbocycles. The van der Waals surface area contributed by atoms with E-state index in [1.54, 1.807) is 36.7 Å². The molecule has 0 radical (unpaired) electrons. The standard InChI is InChI=1S/2C11H9NO2.Al.3H/c2*1-7-5-6-12-10-8(7)3-2-4-9(10)11(13)14;;;;/h2*2-6H,1H3,(H,13,14);;;;. The molecule has 2 aromatic heterocycles. The van der Waals surface area contributed by atoms with Crippen molar-refractivity contribution in [2.45, 2.75) is 13.8 Å². The van der Waals surface area contributed by atoms with Gasteiger partial charge in [-0.2, -0.15) is 0 Å². The van der Waals surface area contributed by atoms with Crippen LogP contribution in [0.25, 0.3) is 21.8 Å². The van der Waals surface area contributed by atoms with E-state index in [-0.39, 0.29) is 28.5 Å². The summed E-state index contributed by atoms with van der Waals surface area (Å²) in [6.45, 7) is 3.88. The lowest BCUT2D eigenvalue weighted by Gasteiger charge is -2.03. The normalized spacial score (nSPS) is 10.0. The topological polar surface area (TPSA) is 100 Å². The number of carboxylic acids is 2. The highest BCUT2D eigenvalue weighted by Gasteiger charge is 2.10. The van der Waals surface area contributed by atoms with E-state index in [9.17, 15) is 9.59 Å². The Hall–Kier alpha value is -3.27. The summed E-state index contributed by atoms with van der Waals surface area (Å²) >= 11 is 0. The molecule has 0 aliphatic heterocycles. The summed E-state index contributed by atoms with van der Waals surface area (Å²) in [4.78, 5) is 29.9. The zero-order valence-corrected chi connectivity index (χ0v) is 15.4. The highest BCUT2D eigenvalue weighted by molar-refractivity contribution is 6.03. The fourth-order valence-corrected chi connectivity index (χ4v) is 2.97. The van der Waals surface area contributed by atoms with Gasteiger partial charge in [-0.15, -0.1) is 0 Å². The van der Waals surface area contributed by atoms with E-state index in [0.717, 1.165) is 21.9 Å². The first-order valence-corrected chi connectivity index (χ1v) is 8.55. The van der Waals surface area contributed by atoms with Crippen molar-refractivity contribution in [1.29, 1.82) is 0 Å². The molecule has 6 nitrogen and oxygen atoms in total. The number of rotatable bonds is 2. The zero-order chi connectivity index (χ0) is 20.3. The highest BCUT2D eigenvalue weighted by Crippen LogP contribution is 2.20. The Labute approximate surface area is 178 Å². The molecule has 29 heavy (non-hydrogen) atoms. The van der Waals surface area contributed by atoms with Crippen molar-refractivity contribution >= 4 is 51.1 Å². The van der Waals surface area contributed by atoms with Gasteiger partial charge in [0.05, 0.1) is 22.2 Å². The summed E-state index contributed by atoms with van der Waals surface area (Å²) in [6, 6.07) is 14.1. The van der Waals surface area contributed by atoms with Crippen molar-refractivity contribution in [3.05, 3.63) is 83.2 Å². The minimum Gasteiger partial charge on any atom is -0.478 e. The first-order valence-electron chi connectivity index (χ1n) is 8.55. The predicted molar refractivity (Wildman–Crippen MR) is 117 cm³/mol. The molecular weight excluding hydrogens is 383 g/mol. The molecule has 0 fully saturated rings. The maximum atomic E-state index is 10.9. The fraction of sp³-hybridized carbons (Fsp3) is 0.0909. The van der Waals surface area contributed by atoms with Gasteiger partial charge in [0.1, 0.15) is 0 Å². The second-order valence-electron chi connectivity index (χ2n) is 6.27. The van der Waals surface area contributed by atoms with Crippen LogP contribution in [0.15, 0.2) is 60.9 Å². The lowest BCUT2D eigenvalue weighted by atomic mass is 10.1. The summed E-state index contributed by atoms with van der Waals surface area (Å²) in [6.07, 6.45) is 3.26. The Morgan fingerprint density at radius 3 is 1.41 bits per heavy atom. The first-order chi connectivity index (χ1) is 13.4. The number of aromatic nitrogens is 2. The number of aromatic carboxylic acids is 2. The van der Waals surface area contributed by atoms with Crippen molar-refractivity contribution in [2.24, 2.45) is 0 Å². The zero-order valence-electron chi connectivity index (χ0n) is 15.4. The van der Waals surface area contributed by atoms with Gasteiger partial charge in [-0.25, -0.2) is 9.59 Å². The summed E-state index contributed by atoms with van der Waals surface area (Å²) in [5.41, 5.74) is 3.70. The van der Waals surface area contributed by atoms with Crippen molar-refractivity contribution in [1.82, 2.24) is 9.97 Å². The molecule has 2 heterocycles. The van der Waals surface area contributed by atoms with Gasteiger partial charge < -0.3 is 10.2 Å². The van der Waals surface area contributed by atoms with Gasteiger partial charge in [-0.3, -0.25) is 9.97 Å². The number of hydrogen-bond acceptors (Lipinski definition) is 4. The molecule has 0 bridgehead atoms. The molecule has 0 unspecified atom stereocenters. The van der Waals surface area contributed by atoms with Crippen LogP contribution in [-0.2, 0) is 0 Å². The molecular formula is C22H21AlN2O4. The summed E-state index contributed by atoms with van der Waals surface area (Å²) in [5, 5.41) is 19.7. The summed E-state index contributed by atoms with van der Waals surface area (Å²) < 4.78 is 0. The van der Waals surface area contributed by atoms with E-state index in [1.807, 2.05) is 38.1 Å². The number of hydrogen-bond donors (Lipinski definition) is 2. The van der Waals surface area contributed by atoms with Crippen molar-refractivity contribution < 1.29 is 19.8 Å². The lowest BCUT2D eigenvalue weighted by Crippen LogP contribution is -1.98. The number of fused-ring (bicyclic) bond motifs is 2. The van der Waals surface area contributed by atoms with Crippen LogP contribution in [0, 0.1) is 13.8 Å². The summed E-state index contributed by atoms with van der Waals surface area (Å²) in [5.74, 6) is -1.87. The molecule has 7 heteroatoms. The van der Waals surface area contributed by atoms with Crippen molar-refractivity contribution in [3.63, 3.8) is 0 Å². The largest absolute Gasteiger partial charge is 0.478 e. The maximum Gasteiger partial charge on any atom is 0.337 e. The van der Waals surface area contributed by atoms with Crippen LogP contribution in [0.5, 0.6) is 0 Å². The molecule has 4 aromatic rings. The predicted octanol–water partition coefficient (Wildman–Crippen LogP) is 3.30. The Kier molecular flexibility index (Phi) is 7.05. The van der Waals surface area contributed by atoms with Crippen LogP contribution in [0.1, 0.15) is 31.8 Å². The minimum atomic E-state index is -0.936. The second-order valence-corrected chi connectivity index (χ2v) is 6.27. The lowest BCUT2D eigenvalue weighted by molar-refractivity contribution is 0.0688. The Balaban J connectivity index is 0.000000200. The van der Waals surface area contributed by atoms with Crippen LogP contribution >= 0.6 is 0 Å². The van der Waals surface area contributed by atoms with Crippen LogP contribution in [-0.4, -0.2) is 49.5 Å². The van der Waals surface area contributed by atoms with Gasteiger partial charge in [0.25, 0.3) is 0 Å². The number of para-hydroxylation sites is 2. The van der Waals surface area contributed by atoms with Gasteiger partial charge in [0.2, 0.25) is 0 Å². The molecule has 0 amide bonds. The maximum absolute atomic E-state index is 10.9. The van der Waals surface area contributed by atoms with E-state index in [4.69, 9.17) is 10.2 Å². The van der Waals surface area contributed by atoms with Gasteiger partial charge in [0.15, 0.2) is 17.4 Å². The number of carboxylic acid groups (broad SMARTS) is 2. The third kappa shape index (κ3) is 4.60. The highest BCUT2D eigenvalue weighted by atomic mass is 27.0. The smallest absolute Gasteiger partial charge is 0.337 e. The van der Waals surface area contributed by atoms with E-state index >= 15 is 0 Å². The van der Waals surface area contributed by atoms with Crippen LogP contribution in [0.2, 0.25) is 0 Å². The van der Waals surface area contributed by atoms with E-state index in [1.165, 1.54) is 0 Å².